The van der Waals surface area contributed by atoms with Crippen molar-refractivity contribution in [3.63, 3.8) is 0 Å². The quantitative estimate of drug-likeness (QED) is 0.880. The van der Waals surface area contributed by atoms with E-state index in [1.165, 1.54) is 11.3 Å². The molecule has 0 aliphatic carbocycles. The summed E-state index contributed by atoms with van der Waals surface area (Å²) < 4.78 is 0. The van der Waals surface area contributed by atoms with Gasteiger partial charge in [-0.25, -0.2) is 0 Å². The summed E-state index contributed by atoms with van der Waals surface area (Å²) in [5.41, 5.74) is 3.63. The van der Waals surface area contributed by atoms with Gasteiger partial charge >= 0.3 is 0 Å². The summed E-state index contributed by atoms with van der Waals surface area (Å²) in [7, 11) is 4.04. The van der Waals surface area contributed by atoms with Crippen LogP contribution in [0.25, 0.3) is 0 Å². The van der Waals surface area contributed by atoms with Crippen LogP contribution >= 0.6 is 11.3 Å². The van der Waals surface area contributed by atoms with Crippen molar-refractivity contribution < 1.29 is 0 Å². The van der Waals surface area contributed by atoms with Crippen molar-refractivity contribution >= 4 is 17.0 Å². The van der Waals surface area contributed by atoms with E-state index in [1.54, 1.807) is 11.3 Å². The van der Waals surface area contributed by atoms with Crippen molar-refractivity contribution in [1.29, 1.82) is 0 Å². The minimum atomic E-state index is 0.806. The van der Waals surface area contributed by atoms with Crippen LogP contribution in [0.4, 0.5) is 5.69 Å². The third kappa shape index (κ3) is 3.28. The van der Waals surface area contributed by atoms with Crippen molar-refractivity contribution in [3.05, 3.63) is 46.4 Å². The Morgan fingerprint density at radius 3 is 3.00 bits per heavy atom. The molecule has 90 valence electrons. The smallest absolute Gasteiger partial charge is 0.0562 e. The van der Waals surface area contributed by atoms with E-state index in [0.29, 0.717) is 0 Å². The maximum atomic E-state index is 4.32. The molecule has 0 radical (unpaired) electrons. The molecule has 0 amide bonds. The third-order valence-corrected chi connectivity index (χ3v) is 3.33. The lowest BCUT2D eigenvalue weighted by atomic mass is 10.2. The minimum Gasteiger partial charge on any atom is -0.370 e. The van der Waals surface area contributed by atoms with E-state index in [9.17, 15) is 0 Å². The van der Waals surface area contributed by atoms with Gasteiger partial charge in [-0.15, -0.1) is 0 Å². The fourth-order valence-corrected chi connectivity index (χ4v) is 2.39. The number of rotatable bonds is 5. The van der Waals surface area contributed by atoms with Crippen LogP contribution in [0.1, 0.15) is 11.3 Å². The van der Waals surface area contributed by atoms with Gasteiger partial charge in [0, 0.05) is 32.0 Å². The molecule has 2 aromatic rings. The van der Waals surface area contributed by atoms with Gasteiger partial charge < -0.3 is 10.2 Å². The van der Waals surface area contributed by atoms with Crippen molar-refractivity contribution in [3.8, 4) is 0 Å². The summed E-state index contributed by atoms with van der Waals surface area (Å²) in [5, 5.41) is 7.42. The highest BCUT2D eigenvalue weighted by Crippen LogP contribution is 2.17. The number of hydrogen-bond donors (Lipinski definition) is 1. The molecule has 0 fully saturated rings. The van der Waals surface area contributed by atoms with Gasteiger partial charge in [-0.2, -0.15) is 11.3 Å². The lowest BCUT2D eigenvalue weighted by molar-refractivity contribution is 0.788. The van der Waals surface area contributed by atoms with Gasteiger partial charge in [-0.1, -0.05) is 0 Å². The molecule has 3 nitrogen and oxygen atoms in total. The Morgan fingerprint density at radius 1 is 1.41 bits per heavy atom. The number of nitrogens with one attached hydrogen (secondary N) is 1. The lowest BCUT2D eigenvalue weighted by Gasteiger charge is -2.19. The normalized spacial score (nSPS) is 10.5. The topological polar surface area (TPSA) is 28.2 Å². The molecule has 0 unspecified atom stereocenters. The highest BCUT2D eigenvalue weighted by Gasteiger charge is 2.03. The summed E-state index contributed by atoms with van der Waals surface area (Å²) in [6, 6.07) is 6.34. The Balaban J connectivity index is 2.07. The summed E-state index contributed by atoms with van der Waals surface area (Å²) >= 11 is 1.74. The number of thiophene rings is 1. The maximum absolute atomic E-state index is 4.32. The van der Waals surface area contributed by atoms with Crippen LogP contribution in [0.5, 0.6) is 0 Å². The molecule has 0 spiro atoms. The van der Waals surface area contributed by atoms with E-state index >= 15 is 0 Å². The number of anilines is 1. The van der Waals surface area contributed by atoms with Gasteiger partial charge in [0.15, 0.2) is 0 Å². The van der Waals surface area contributed by atoms with Crippen LogP contribution in [0.3, 0.4) is 0 Å². The fourth-order valence-electron chi connectivity index (χ4n) is 1.73. The van der Waals surface area contributed by atoms with Crippen molar-refractivity contribution in [2.24, 2.45) is 0 Å². The van der Waals surface area contributed by atoms with Crippen LogP contribution < -0.4 is 10.2 Å². The molecule has 2 aromatic heterocycles. The van der Waals surface area contributed by atoms with Crippen LogP contribution in [-0.2, 0) is 13.1 Å². The second-order valence-corrected chi connectivity index (χ2v) is 4.80. The molecule has 0 aliphatic heterocycles. The van der Waals surface area contributed by atoms with E-state index in [4.69, 9.17) is 0 Å². The second kappa shape index (κ2) is 5.80. The second-order valence-electron chi connectivity index (χ2n) is 4.02. The summed E-state index contributed by atoms with van der Waals surface area (Å²) in [6.07, 6.45) is 1.87. The van der Waals surface area contributed by atoms with E-state index < -0.39 is 0 Å². The zero-order valence-electron chi connectivity index (χ0n) is 10.2. The van der Waals surface area contributed by atoms with Crippen LogP contribution in [0, 0.1) is 0 Å². The largest absolute Gasteiger partial charge is 0.370 e. The number of hydrogen-bond acceptors (Lipinski definition) is 4. The van der Waals surface area contributed by atoms with Gasteiger partial charge in [0.2, 0.25) is 0 Å². The molecule has 0 bridgehead atoms. The molecule has 4 heteroatoms. The zero-order valence-corrected chi connectivity index (χ0v) is 11.0. The molecule has 0 atom stereocenters. The van der Waals surface area contributed by atoms with E-state index in [-0.39, 0.29) is 0 Å². The Morgan fingerprint density at radius 2 is 2.29 bits per heavy atom. The fraction of sp³-hybridized carbons (Fsp3) is 0.308. The first kappa shape index (κ1) is 12.1. The van der Waals surface area contributed by atoms with Crippen LogP contribution in [-0.4, -0.2) is 19.1 Å². The molecule has 0 saturated carbocycles. The SMILES string of the molecule is CNCc1cc(N(C)Cc2ccsc2)ccn1. The molecule has 0 saturated heterocycles. The molecule has 2 rings (SSSR count). The zero-order chi connectivity index (χ0) is 12.1. The van der Waals surface area contributed by atoms with E-state index in [2.05, 4.69) is 45.1 Å². The molecular weight excluding hydrogens is 230 g/mol. The first-order valence-corrected chi connectivity index (χ1v) is 6.55. The highest BCUT2D eigenvalue weighted by molar-refractivity contribution is 7.07. The molecule has 0 aliphatic rings. The van der Waals surface area contributed by atoms with Crippen molar-refractivity contribution in [2.45, 2.75) is 13.1 Å². The van der Waals surface area contributed by atoms with Crippen molar-refractivity contribution in [2.75, 3.05) is 19.0 Å². The number of nitrogens with zero attached hydrogens (tertiary/aromatic N) is 2. The summed E-state index contributed by atoms with van der Waals surface area (Å²) in [6.45, 7) is 1.74. The van der Waals surface area contributed by atoms with E-state index in [0.717, 1.165) is 18.8 Å². The van der Waals surface area contributed by atoms with Crippen molar-refractivity contribution in [1.82, 2.24) is 10.3 Å². The first-order chi connectivity index (χ1) is 8.29. The predicted molar refractivity (Wildman–Crippen MR) is 73.4 cm³/mol. The minimum absolute atomic E-state index is 0.806. The monoisotopic (exact) mass is 247 g/mol. The average Bonchev–Trinajstić information content (AvgIpc) is 2.83. The molecule has 2 heterocycles. The Labute approximate surface area is 106 Å². The predicted octanol–water partition coefficient (Wildman–Crippen LogP) is 2.50. The summed E-state index contributed by atoms with van der Waals surface area (Å²) in [5.74, 6) is 0. The van der Waals surface area contributed by atoms with Gasteiger partial charge in [0.1, 0.15) is 0 Å². The maximum Gasteiger partial charge on any atom is 0.0562 e. The van der Waals surface area contributed by atoms with Gasteiger partial charge in [0.25, 0.3) is 0 Å². The highest BCUT2D eigenvalue weighted by atomic mass is 32.1. The standard InChI is InChI=1S/C13H17N3S/c1-14-8-12-7-13(3-5-15-12)16(2)9-11-4-6-17-10-11/h3-7,10,14H,8-9H2,1-2H3. The molecular formula is C13H17N3S. The van der Waals surface area contributed by atoms with Crippen LogP contribution in [0.2, 0.25) is 0 Å². The lowest BCUT2D eigenvalue weighted by Crippen LogP contribution is -2.17. The third-order valence-electron chi connectivity index (χ3n) is 2.60. The molecule has 17 heavy (non-hydrogen) atoms. The Kier molecular flexibility index (Phi) is 4.12. The first-order valence-electron chi connectivity index (χ1n) is 5.61. The number of pyridine rings is 1. The van der Waals surface area contributed by atoms with Gasteiger partial charge in [-0.05, 0) is 41.6 Å². The van der Waals surface area contributed by atoms with Gasteiger partial charge in [0.05, 0.1) is 5.69 Å². The average molecular weight is 247 g/mol. The Hall–Kier alpha value is -1.39. The molecule has 1 N–H and O–H groups in total. The Bertz CT molecular complexity index is 453. The molecule has 0 aromatic carbocycles. The van der Waals surface area contributed by atoms with Gasteiger partial charge in [-0.3, -0.25) is 4.98 Å². The summed E-state index contributed by atoms with van der Waals surface area (Å²) in [4.78, 5) is 6.56. The van der Waals surface area contributed by atoms with Crippen LogP contribution in [0.15, 0.2) is 35.2 Å². The van der Waals surface area contributed by atoms with E-state index in [1.807, 2.05) is 19.3 Å². The number of aromatic nitrogens is 1.